The molecule has 5 nitrogen and oxygen atoms in total. The van der Waals surface area contributed by atoms with Crippen molar-refractivity contribution < 1.29 is 0 Å². The number of imidazole rings is 1. The zero-order valence-corrected chi connectivity index (χ0v) is 8.03. The van der Waals surface area contributed by atoms with Crippen molar-refractivity contribution in [3.8, 4) is 0 Å². The second kappa shape index (κ2) is 3.61. The number of nitrogens with zero attached hydrogens (tertiary/aromatic N) is 3. The van der Waals surface area contributed by atoms with Crippen LogP contribution < -0.4 is 5.56 Å². The first-order valence-electron chi connectivity index (χ1n) is 4.71. The van der Waals surface area contributed by atoms with Crippen LogP contribution in [0.4, 0.5) is 0 Å². The number of hydrogen-bond acceptors (Lipinski definition) is 3. The van der Waals surface area contributed by atoms with Gasteiger partial charge in [0.15, 0.2) is 11.2 Å². The highest BCUT2D eigenvalue weighted by Crippen LogP contribution is 2.05. The van der Waals surface area contributed by atoms with E-state index >= 15 is 0 Å². The molecule has 0 aliphatic heterocycles. The van der Waals surface area contributed by atoms with E-state index in [-0.39, 0.29) is 5.56 Å². The number of aromatic amines is 1. The van der Waals surface area contributed by atoms with Gasteiger partial charge >= 0.3 is 0 Å². The minimum absolute atomic E-state index is 0.176. The summed E-state index contributed by atoms with van der Waals surface area (Å²) >= 11 is 0. The van der Waals surface area contributed by atoms with E-state index in [2.05, 4.69) is 21.9 Å². The van der Waals surface area contributed by atoms with Crippen molar-refractivity contribution >= 4 is 11.2 Å². The molecule has 2 heterocycles. The van der Waals surface area contributed by atoms with Crippen molar-refractivity contribution in [2.45, 2.75) is 26.3 Å². The Hall–Kier alpha value is -1.65. The molecular formula is C9H12N4O. The molecular weight excluding hydrogens is 180 g/mol. The van der Waals surface area contributed by atoms with Gasteiger partial charge in [0, 0.05) is 6.54 Å². The first-order valence-corrected chi connectivity index (χ1v) is 4.71. The lowest BCUT2D eigenvalue weighted by Gasteiger charge is -1.99. The van der Waals surface area contributed by atoms with Crippen LogP contribution in [0.3, 0.4) is 0 Å². The first kappa shape index (κ1) is 8.93. The molecule has 2 aromatic rings. The zero-order valence-electron chi connectivity index (χ0n) is 8.03. The highest BCUT2D eigenvalue weighted by Gasteiger charge is 2.05. The van der Waals surface area contributed by atoms with Gasteiger partial charge < -0.3 is 9.55 Å². The lowest BCUT2D eigenvalue weighted by atomic mass is 10.3. The number of aromatic nitrogens is 4. The number of rotatable bonds is 3. The molecule has 74 valence electrons. The molecule has 0 amide bonds. The maximum atomic E-state index is 11.3. The Balaban J connectivity index is 2.47. The summed E-state index contributed by atoms with van der Waals surface area (Å²) in [7, 11) is 0. The van der Waals surface area contributed by atoms with Crippen molar-refractivity contribution in [2.24, 2.45) is 0 Å². The van der Waals surface area contributed by atoms with Crippen molar-refractivity contribution in [1.29, 1.82) is 0 Å². The Morgan fingerprint density at radius 1 is 1.50 bits per heavy atom. The first-order chi connectivity index (χ1) is 6.83. The second-order valence-corrected chi connectivity index (χ2v) is 3.20. The quantitative estimate of drug-likeness (QED) is 0.786. The zero-order chi connectivity index (χ0) is 9.97. The fourth-order valence-corrected chi connectivity index (χ4v) is 1.38. The van der Waals surface area contributed by atoms with Gasteiger partial charge in [0.05, 0.1) is 12.7 Å². The predicted molar refractivity (Wildman–Crippen MR) is 53.1 cm³/mol. The van der Waals surface area contributed by atoms with Crippen LogP contribution >= 0.6 is 0 Å². The molecule has 0 saturated carbocycles. The van der Waals surface area contributed by atoms with Crippen LogP contribution in [0.2, 0.25) is 0 Å². The highest BCUT2D eigenvalue weighted by molar-refractivity contribution is 5.68. The SMILES string of the molecule is CCCCn1cnc2c(=O)[nH]cnc21. The molecule has 14 heavy (non-hydrogen) atoms. The minimum atomic E-state index is -0.176. The Morgan fingerprint density at radius 3 is 3.14 bits per heavy atom. The molecule has 0 aliphatic carbocycles. The second-order valence-electron chi connectivity index (χ2n) is 3.20. The van der Waals surface area contributed by atoms with E-state index in [1.807, 2.05) is 4.57 Å². The summed E-state index contributed by atoms with van der Waals surface area (Å²) in [6.45, 7) is 2.99. The van der Waals surface area contributed by atoms with E-state index in [0.29, 0.717) is 11.2 Å². The van der Waals surface area contributed by atoms with Gasteiger partial charge in [-0.05, 0) is 6.42 Å². The van der Waals surface area contributed by atoms with E-state index < -0.39 is 0 Å². The molecule has 0 spiro atoms. The third-order valence-corrected chi connectivity index (χ3v) is 2.16. The monoisotopic (exact) mass is 192 g/mol. The number of hydrogen-bond donors (Lipinski definition) is 1. The molecule has 0 radical (unpaired) electrons. The lowest BCUT2D eigenvalue weighted by Crippen LogP contribution is -2.07. The maximum absolute atomic E-state index is 11.3. The summed E-state index contributed by atoms with van der Waals surface area (Å²) in [5.41, 5.74) is 0.913. The molecule has 0 saturated heterocycles. The van der Waals surface area contributed by atoms with Crippen molar-refractivity contribution in [3.63, 3.8) is 0 Å². The van der Waals surface area contributed by atoms with Gasteiger partial charge in [-0.2, -0.15) is 0 Å². The number of aryl methyl sites for hydroxylation is 1. The van der Waals surface area contributed by atoms with Crippen LogP contribution in [0.1, 0.15) is 19.8 Å². The summed E-state index contributed by atoms with van der Waals surface area (Å²) < 4.78 is 1.91. The third-order valence-electron chi connectivity index (χ3n) is 2.16. The summed E-state index contributed by atoms with van der Waals surface area (Å²) in [4.78, 5) is 21.9. The lowest BCUT2D eigenvalue weighted by molar-refractivity contribution is 0.641. The van der Waals surface area contributed by atoms with E-state index in [4.69, 9.17) is 0 Å². The van der Waals surface area contributed by atoms with E-state index in [9.17, 15) is 4.79 Å². The fraction of sp³-hybridized carbons (Fsp3) is 0.444. The summed E-state index contributed by atoms with van der Waals surface area (Å²) in [5.74, 6) is 0. The van der Waals surface area contributed by atoms with Crippen LogP contribution in [0.25, 0.3) is 11.2 Å². The fourth-order valence-electron chi connectivity index (χ4n) is 1.38. The molecule has 0 unspecified atom stereocenters. The standard InChI is InChI=1S/C9H12N4O/c1-2-3-4-13-6-12-7-8(13)10-5-11-9(7)14/h5-6H,2-4H2,1H3,(H,10,11,14). The topological polar surface area (TPSA) is 63.6 Å². The van der Waals surface area contributed by atoms with Gasteiger partial charge in [0.2, 0.25) is 0 Å². The molecule has 5 heteroatoms. The largest absolute Gasteiger partial charge is 0.315 e. The Bertz CT molecular complexity index is 485. The molecule has 0 atom stereocenters. The van der Waals surface area contributed by atoms with Crippen LogP contribution in [-0.2, 0) is 6.54 Å². The van der Waals surface area contributed by atoms with Gasteiger partial charge in [0.25, 0.3) is 5.56 Å². The molecule has 1 N–H and O–H groups in total. The molecule has 2 aromatic heterocycles. The van der Waals surface area contributed by atoms with Crippen molar-refractivity contribution in [1.82, 2.24) is 19.5 Å². The predicted octanol–water partition coefficient (Wildman–Crippen LogP) is 0.920. The van der Waals surface area contributed by atoms with Crippen molar-refractivity contribution in [3.05, 3.63) is 23.0 Å². The summed E-state index contributed by atoms with van der Waals surface area (Å²) in [5, 5.41) is 0. The number of nitrogens with one attached hydrogen (secondary N) is 1. The van der Waals surface area contributed by atoms with E-state index in [0.717, 1.165) is 19.4 Å². The van der Waals surface area contributed by atoms with Crippen LogP contribution in [0.5, 0.6) is 0 Å². The van der Waals surface area contributed by atoms with Crippen LogP contribution in [0.15, 0.2) is 17.4 Å². The summed E-state index contributed by atoms with van der Waals surface area (Å²) in [6, 6.07) is 0. The van der Waals surface area contributed by atoms with Gasteiger partial charge in [-0.25, -0.2) is 9.97 Å². The third kappa shape index (κ3) is 1.41. The van der Waals surface area contributed by atoms with Crippen LogP contribution in [-0.4, -0.2) is 19.5 Å². The molecule has 0 bridgehead atoms. The Kier molecular flexibility index (Phi) is 2.30. The van der Waals surface area contributed by atoms with Crippen LogP contribution in [0, 0.1) is 0 Å². The molecule has 2 rings (SSSR count). The number of H-pyrrole nitrogens is 1. The van der Waals surface area contributed by atoms with Gasteiger partial charge in [0.1, 0.15) is 0 Å². The number of fused-ring (bicyclic) bond motifs is 1. The average molecular weight is 192 g/mol. The summed E-state index contributed by atoms with van der Waals surface area (Å²) in [6.07, 6.45) is 5.26. The van der Waals surface area contributed by atoms with Gasteiger partial charge in [-0.1, -0.05) is 13.3 Å². The molecule has 0 aromatic carbocycles. The molecule has 0 aliphatic rings. The van der Waals surface area contributed by atoms with Gasteiger partial charge in [-0.3, -0.25) is 4.79 Å². The number of unbranched alkanes of at least 4 members (excludes halogenated alkanes) is 1. The minimum Gasteiger partial charge on any atom is -0.315 e. The Morgan fingerprint density at radius 2 is 2.36 bits per heavy atom. The van der Waals surface area contributed by atoms with E-state index in [1.165, 1.54) is 6.33 Å². The average Bonchev–Trinajstić information content (AvgIpc) is 2.60. The Labute approximate surface area is 80.8 Å². The van der Waals surface area contributed by atoms with E-state index in [1.54, 1.807) is 6.33 Å². The normalized spacial score (nSPS) is 10.9. The van der Waals surface area contributed by atoms with Crippen molar-refractivity contribution in [2.75, 3.05) is 0 Å². The van der Waals surface area contributed by atoms with Gasteiger partial charge in [-0.15, -0.1) is 0 Å². The smallest absolute Gasteiger partial charge is 0.278 e. The maximum Gasteiger partial charge on any atom is 0.278 e. The highest BCUT2D eigenvalue weighted by atomic mass is 16.1. The molecule has 0 fully saturated rings.